The van der Waals surface area contributed by atoms with Crippen LogP contribution in [0.25, 0.3) is 10.9 Å². The number of nitrogens with one attached hydrogen (secondary N) is 1. The highest BCUT2D eigenvalue weighted by Gasteiger charge is 2.14. The van der Waals surface area contributed by atoms with E-state index in [0.717, 1.165) is 5.01 Å². The summed E-state index contributed by atoms with van der Waals surface area (Å²) in [6, 6.07) is 10.3. The fourth-order valence-corrected chi connectivity index (χ4v) is 3.06. The van der Waals surface area contributed by atoms with Crippen molar-refractivity contribution < 1.29 is 9.21 Å². The summed E-state index contributed by atoms with van der Waals surface area (Å²) < 4.78 is 6.99. The number of furan rings is 1. The zero-order chi connectivity index (χ0) is 18.1. The van der Waals surface area contributed by atoms with Gasteiger partial charge in [-0.1, -0.05) is 23.5 Å². The lowest BCUT2D eigenvalue weighted by atomic mass is 10.2. The summed E-state index contributed by atoms with van der Waals surface area (Å²) in [5, 5.41) is 12.0. The number of amides is 1. The SMILES string of the molecule is Cc1nnc(NC(=O)c2ccc(Cn3cnc4ccccc4c3=O)o2)s1. The number of carbonyl (C=O) groups is 1. The quantitative estimate of drug-likeness (QED) is 0.594. The minimum absolute atomic E-state index is 0.134. The zero-order valence-electron chi connectivity index (χ0n) is 13.7. The third kappa shape index (κ3) is 3.11. The van der Waals surface area contributed by atoms with Crippen molar-refractivity contribution in [2.75, 3.05) is 5.32 Å². The lowest BCUT2D eigenvalue weighted by Gasteiger charge is -2.04. The van der Waals surface area contributed by atoms with Crippen molar-refractivity contribution >= 4 is 33.3 Å². The number of hydrogen-bond donors (Lipinski definition) is 1. The topological polar surface area (TPSA) is 103 Å². The molecule has 1 amide bonds. The molecule has 0 aliphatic heterocycles. The number of nitrogens with zero attached hydrogens (tertiary/aromatic N) is 4. The number of hydrogen-bond acceptors (Lipinski definition) is 7. The highest BCUT2D eigenvalue weighted by atomic mass is 32.1. The zero-order valence-corrected chi connectivity index (χ0v) is 14.5. The number of aryl methyl sites for hydroxylation is 1. The Hall–Kier alpha value is -3.33. The van der Waals surface area contributed by atoms with Crippen LogP contribution in [0.3, 0.4) is 0 Å². The maximum Gasteiger partial charge on any atom is 0.293 e. The third-order valence-electron chi connectivity index (χ3n) is 3.69. The molecule has 0 saturated heterocycles. The van der Waals surface area contributed by atoms with Crippen LogP contribution in [0.2, 0.25) is 0 Å². The highest BCUT2D eigenvalue weighted by Crippen LogP contribution is 2.16. The second-order valence-electron chi connectivity index (χ2n) is 5.54. The van der Waals surface area contributed by atoms with Gasteiger partial charge in [-0.05, 0) is 31.2 Å². The number of anilines is 1. The van der Waals surface area contributed by atoms with Crippen molar-refractivity contribution in [1.82, 2.24) is 19.7 Å². The number of carbonyl (C=O) groups excluding carboxylic acids is 1. The van der Waals surface area contributed by atoms with E-state index >= 15 is 0 Å². The van der Waals surface area contributed by atoms with Crippen LogP contribution in [0.15, 0.2) is 51.9 Å². The van der Waals surface area contributed by atoms with E-state index in [1.165, 1.54) is 22.2 Å². The summed E-state index contributed by atoms with van der Waals surface area (Å²) in [6.45, 7) is 1.98. The van der Waals surface area contributed by atoms with E-state index in [2.05, 4.69) is 20.5 Å². The number of fused-ring (bicyclic) bond motifs is 1. The minimum atomic E-state index is -0.420. The number of rotatable bonds is 4. The number of aromatic nitrogens is 4. The third-order valence-corrected chi connectivity index (χ3v) is 4.44. The first-order valence-electron chi connectivity index (χ1n) is 7.74. The summed E-state index contributed by atoms with van der Waals surface area (Å²) in [5.41, 5.74) is 0.475. The monoisotopic (exact) mass is 367 g/mol. The molecule has 0 spiro atoms. The average Bonchev–Trinajstić information content (AvgIpc) is 3.27. The molecule has 3 heterocycles. The molecule has 0 radical (unpaired) electrons. The molecule has 1 N–H and O–H groups in total. The fourth-order valence-electron chi connectivity index (χ4n) is 2.48. The number of para-hydroxylation sites is 1. The van der Waals surface area contributed by atoms with Gasteiger partial charge in [-0.2, -0.15) is 0 Å². The van der Waals surface area contributed by atoms with Crippen molar-refractivity contribution in [3.8, 4) is 0 Å². The van der Waals surface area contributed by atoms with E-state index in [4.69, 9.17) is 4.42 Å². The smallest absolute Gasteiger partial charge is 0.293 e. The predicted molar refractivity (Wildman–Crippen MR) is 96.4 cm³/mol. The lowest BCUT2D eigenvalue weighted by molar-refractivity contribution is 0.0994. The summed E-state index contributed by atoms with van der Waals surface area (Å²) in [7, 11) is 0. The first-order valence-corrected chi connectivity index (χ1v) is 8.56. The van der Waals surface area contributed by atoms with Crippen LogP contribution in [0.4, 0.5) is 5.13 Å². The van der Waals surface area contributed by atoms with Gasteiger partial charge in [0.25, 0.3) is 11.5 Å². The molecule has 8 nitrogen and oxygen atoms in total. The minimum Gasteiger partial charge on any atom is -0.454 e. The summed E-state index contributed by atoms with van der Waals surface area (Å²) >= 11 is 1.27. The molecule has 0 atom stereocenters. The van der Waals surface area contributed by atoms with Gasteiger partial charge in [-0.25, -0.2) is 4.98 Å². The Morgan fingerprint density at radius 2 is 2.08 bits per heavy atom. The Morgan fingerprint density at radius 3 is 2.88 bits per heavy atom. The second-order valence-corrected chi connectivity index (χ2v) is 6.72. The summed E-state index contributed by atoms with van der Waals surface area (Å²) in [6.07, 6.45) is 1.47. The van der Waals surface area contributed by atoms with Crippen LogP contribution in [0, 0.1) is 6.92 Å². The van der Waals surface area contributed by atoms with Crippen molar-refractivity contribution in [2.24, 2.45) is 0 Å². The first-order chi connectivity index (χ1) is 12.6. The average molecular weight is 367 g/mol. The van der Waals surface area contributed by atoms with Crippen molar-refractivity contribution in [3.63, 3.8) is 0 Å². The molecule has 1 aromatic carbocycles. The van der Waals surface area contributed by atoms with Crippen LogP contribution in [0.5, 0.6) is 0 Å². The molecule has 3 aromatic heterocycles. The van der Waals surface area contributed by atoms with Gasteiger partial charge < -0.3 is 4.42 Å². The van der Waals surface area contributed by atoms with Crippen molar-refractivity contribution in [2.45, 2.75) is 13.5 Å². The second kappa shape index (κ2) is 6.52. The Balaban J connectivity index is 1.54. The Labute approximate surface area is 151 Å². The first kappa shape index (κ1) is 16.2. The Morgan fingerprint density at radius 1 is 1.23 bits per heavy atom. The van der Waals surface area contributed by atoms with Crippen LogP contribution >= 0.6 is 11.3 Å². The van der Waals surface area contributed by atoms with Gasteiger partial charge in [-0.15, -0.1) is 10.2 Å². The van der Waals surface area contributed by atoms with Crippen LogP contribution in [-0.2, 0) is 6.54 Å². The standard InChI is InChI=1S/C17H13N5O3S/c1-10-20-21-17(26-10)19-15(23)14-7-6-11(25-14)8-22-9-18-13-5-3-2-4-12(13)16(22)24/h2-7,9H,8H2,1H3,(H,19,21,23). The van der Waals surface area contributed by atoms with E-state index in [-0.39, 0.29) is 17.9 Å². The van der Waals surface area contributed by atoms with Gasteiger partial charge in [-0.3, -0.25) is 19.5 Å². The van der Waals surface area contributed by atoms with Gasteiger partial charge in [0.1, 0.15) is 10.8 Å². The Bertz CT molecular complexity index is 1160. The van der Waals surface area contributed by atoms with E-state index in [1.807, 2.05) is 6.07 Å². The van der Waals surface area contributed by atoms with Gasteiger partial charge in [0.05, 0.1) is 23.8 Å². The summed E-state index contributed by atoms with van der Waals surface area (Å²) in [5.74, 6) is 0.189. The molecule has 9 heteroatoms. The molecular formula is C17H13N5O3S. The maximum absolute atomic E-state index is 12.5. The van der Waals surface area contributed by atoms with Crippen LogP contribution < -0.4 is 10.9 Å². The lowest BCUT2D eigenvalue weighted by Crippen LogP contribution is -2.20. The molecule has 0 bridgehead atoms. The molecule has 0 fully saturated rings. The summed E-state index contributed by atoms with van der Waals surface area (Å²) in [4.78, 5) is 29.0. The van der Waals surface area contributed by atoms with Gasteiger partial charge >= 0.3 is 0 Å². The van der Waals surface area contributed by atoms with Crippen molar-refractivity contribution in [1.29, 1.82) is 0 Å². The van der Waals surface area contributed by atoms with E-state index in [0.29, 0.717) is 21.8 Å². The molecule has 0 saturated carbocycles. The molecule has 0 aliphatic rings. The number of benzene rings is 1. The molecule has 4 aromatic rings. The maximum atomic E-state index is 12.5. The van der Waals surface area contributed by atoms with Gasteiger partial charge in [0.15, 0.2) is 5.76 Å². The molecule has 4 rings (SSSR count). The molecular weight excluding hydrogens is 354 g/mol. The molecule has 130 valence electrons. The molecule has 0 aliphatic carbocycles. The van der Waals surface area contributed by atoms with E-state index in [9.17, 15) is 9.59 Å². The normalized spacial score (nSPS) is 11.0. The van der Waals surface area contributed by atoms with Gasteiger partial charge in [0.2, 0.25) is 5.13 Å². The largest absolute Gasteiger partial charge is 0.454 e. The van der Waals surface area contributed by atoms with Gasteiger partial charge in [0, 0.05) is 0 Å². The molecule has 0 unspecified atom stereocenters. The van der Waals surface area contributed by atoms with Crippen LogP contribution in [-0.4, -0.2) is 25.7 Å². The highest BCUT2D eigenvalue weighted by molar-refractivity contribution is 7.15. The van der Waals surface area contributed by atoms with Crippen LogP contribution in [0.1, 0.15) is 21.3 Å². The van der Waals surface area contributed by atoms with E-state index < -0.39 is 5.91 Å². The molecule has 26 heavy (non-hydrogen) atoms. The Kier molecular flexibility index (Phi) is 4.05. The predicted octanol–water partition coefficient (Wildman–Crippen LogP) is 2.45. The van der Waals surface area contributed by atoms with Crippen molar-refractivity contribution in [3.05, 3.63) is 69.6 Å². The van der Waals surface area contributed by atoms with E-state index in [1.54, 1.807) is 37.3 Å². The fraction of sp³-hybridized carbons (Fsp3) is 0.118.